The molecule has 1 atom stereocenters. The van der Waals surface area contributed by atoms with Crippen LogP contribution in [0.1, 0.15) is 6.92 Å². The van der Waals surface area contributed by atoms with E-state index in [4.69, 9.17) is 11.6 Å². The van der Waals surface area contributed by atoms with E-state index in [1.807, 2.05) is 0 Å². The van der Waals surface area contributed by atoms with Gasteiger partial charge in [0, 0.05) is 27.5 Å². The molecule has 1 unspecified atom stereocenters. The van der Waals surface area contributed by atoms with E-state index in [0.717, 1.165) is 13.0 Å². The summed E-state index contributed by atoms with van der Waals surface area (Å²) in [5.74, 6) is -0.861. The van der Waals surface area contributed by atoms with Gasteiger partial charge in [0.25, 0.3) is 0 Å². The van der Waals surface area contributed by atoms with Crippen molar-refractivity contribution in [2.24, 2.45) is 4.36 Å². The van der Waals surface area contributed by atoms with Crippen molar-refractivity contribution in [2.75, 3.05) is 0 Å². The Bertz CT molecular complexity index is 445. The van der Waals surface area contributed by atoms with E-state index in [1.165, 1.54) is 18.2 Å². The molecule has 2 nitrogen and oxygen atoms in total. The van der Waals surface area contributed by atoms with Gasteiger partial charge < -0.3 is 0 Å². The number of carbonyl (C=O) groups excluding carboxylic acids is 1. The lowest BCUT2D eigenvalue weighted by Gasteiger charge is -2.11. The zero-order valence-corrected chi connectivity index (χ0v) is 9.66. The maximum absolute atomic E-state index is 12.6. The van der Waals surface area contributed by atoms with E-state index < -0.39 is 22.1 Å². The molecule has 0 aliphatic carbocycles. The molecule has 16 heavy (non-hydrogen) atoms. The Kier molecular flexibility index (Phi) is 4.09. The van der Waals surface area contributed by atoms with Crippen molar-refractivity contribution < 1.29 is 18.0 Å². The Labute approximate surface area is 97.5 Å². The van der Waals surface area contributed by atoms with E-state index in [0.29, 0.717) is 0 Å². The molecule has 1 amide bonds. The number of halogens is 4. The highest BCUT2D eigenvalue weighted by Gasteiger charge is 2.36. The predicted octanol–water partition coefficient (Wildman–Crippen LogP) is 3.57. The fourth-order valence-corrected chi connectivity index (χ4v) is 2.39. The van der Waals surface area contributed by atoms with Gasteiger partial charge in [-0.25, -0.2) is 0 Å². The molecule has 0 aliphatic rings. The standard InChI is InChI=1S/C9H7ClF3NOS/c1-6(15)14-16(9(11,12)13)8-4-2-3-7(10)5-8/h2-5H,1H3. The van der Waals surface area contributed by atoms with Gasteiger partial charge in [0.1, 0.15) is 0 Å². The molecule has 0 saturated heterocycles. The molecule has 88 valence electrons. The van der Waals surface area contributed by atoms with Crippen LogP contribution in [-0.2, 0) is 15.5 Å². The van der Waals surface area contributed by atoms with Gasteiger partial charge >= 0.3 is 5.51 Å². The van der Waals surface area contributed by atoms with Crippen molar-refractivity contribution in [3.05, 3.63) is 29.3 Å². The third-order valence-electron chi connectivity index (χ3n) is 1.46. The van der Waals surface area contributed by atoms with Crippen LogP contribution in [0.25, 0.3) is 0 Å². The van der Waals surface area contributed by atoms with Crippen molar-refractivity contribution in [3.63, 3.8) is 0 Å². The highest BCUT2D eigenvalue weighted by Crippen LogP contribution is 2.29. The van der Waals surface area contributed by atoms with Crippen LogP contribution in [0.2, 0.25) is 5.02 Å². The van der Waals surface area contributed by atoms with E-state index in [-0.39, 0.29) is 9.92 Å². The molecule has 1 rings (SSSR count). The van der Waals surface area contributed by atoms with Crippen LogP contribution in [0.5, 0.6) is 0 Å². The molecule has 7 heteroatoms. The molecule has 0 N–H and O–H groups in total. The number of nitrogens with zero attached hydrogens (tertiary/aromatic N) is 1. The Morgan fingerprint density at radius 2 is 2.06 bits per heavy atom. The van der Waals surface area contributed by atoms with Gasteiger partial charge in [-0.1, -0.05) is 17.7 Å². The molecule has 0 aromatic heterocycles. The van der Waals surface area contributed by atoms with E-state index >= 15 is 0 Å². The molecular weight excluding hydrogens is 263 g/mol. The lowest BCUT2D eigenvalue weighted by Crippen LogP contribution is -2.17. The first kappa shape index (κ1) is 13.2. The molecule has 0 fully saturated rings. The number of rotatable bonds is 1. The minimum absolute atomic E-state index is 0.116. The first-order valence-electron chi connectivity index (χ1n) is 4.10. The van der Waals surface area contributed by atoms with Crippen LogP contribution in [0.3, 0.4) is 0 Å². The van der Waals surface area contributed by atoms with Crippen LogP contribution in [0.4, 0.5) is 13.2 Å². The van der Waals surface area contributed by atoms with Gasteiger partial charge in [-0.15, -0.1) is 0 Å². The van der Waals surface area contributed by atoms with Crippen LogP contribution in [0.15, 0.2) is 33.5 Å². The quantitative estimate of drug-likeness (QED) is 0.766. The minimum atomic E-state index is -4.57. The lowest BCUT2D eigenvalue weighted by molar-refractivity contribution is -0.115. The molecular formula is C9H7ClF3NOS. The number of hydrogen-bond acceptors (Lipinski definition) is 1. The zero-order valence-electron chi connectivity index (χ0n) is 8.08. The van der Waals surface area contributed by atoms with Gasteiger partial charge in [0.2, 0.25) is 5.91 Å². The third-order valence-corrected chi connectivity index (χ3v) is 3.27. The first-order chi connectivity index (χ1) is 7.30. The number of amides is 1. The molecule has 0 bridgehead atoms. The third kappa shape index (κ3) is 3.61. The van der Waals surface area contributed by atoms with Gasteiger partial charge in [0.05, 0.1) is 0 Å². The van der Waals surface area contributed by atoms with E-state index in [1.54, 1.807) is 0 Å². The maximum Gasteiger partial charge on any atom is 0.457 e. The Morgan fingerprint density at radius 3 is 2.50 bits per heavy atom. The SMILES string of the molecule is CC(=O)N=S(c1cccc(Cl)c1)C(F)(F)F. The van der Waals surface area contributed by atoms with Gasteiger partial charge in [-0.3, -0.25) is 4.79 Å². The number of carbonyl (C=O) groups is 1. The molecule has 0 spiro atoms. The zero-order chi connectivity index (χ0) is 12.3. The molecule has 0 heterocycles. The topological polar surface area (TPSA) is 29.4 Å². The summed E-state index contributed by atoms with van der Waals surface area (Å²) in [7, 11) is -2.45. The number of hydrogen-bond donors (Lipinski definition) is 0. The Morgan fingerprint density at radius 1 is 1.44 bits per heavy atom. The fourth-order valence-electron chi connectivity index (χ4n) is 0.954. The summed E-state index contributed by atoms with van der Waals surface area (Å²) in [4.78, 5) is 10.6. The summed E-state index contributed by atoms with van der Waals surface area (Å²) < 4.78 is 40.9. The van der Waals surface area contributed by atoms with Crippen molar-refractivity contribution in [1.29, 1.82) is 0 Å². The summed E-state index contributed by atoms with van der Waals surface area (Å²) in [6.45, 7) is 0.982. The van der Waals surface area contributed by atoms with Crippen LogP contribution in [0, 0.1) is 0 Å². The molecule has 1 aromatic rings. The largest absolute Gasteiger partial charge is 0.457 e. The summed E-state index contributed by atoms with van der Waals surface area (Å²) >= 11 is 5.59. The molecule has 0 radical (unpaired) electrons. The average molecular weight is 270 g/mol. The Balaban J connectivity index is 3.28. The van der Waals surface area contributed by atoms with Crippen molar-refractivity contribution in [3.8, 4) is 0 Å². The summed E-state index contributed by atoms with van der Waals surface area (Å²) in [5.41, 5.74) is -4.57. The van der Waals surface area contributed by atoms with Crippen LogP contribution >= 0.6 is 11.6 Å². The minimum Gasteiger partial charge on any atom is -0.272 e. The van der Waals surface area contributed by atoms with Gasteiger partial charge in [-0.05, 0) is 18.2 Å². The van der Waals surface area contributed by atoms with Gasteiger partial charge in [0.15, 0.2) is 0 Å². The van der Waals surface area contributed by atoms with Crippen LogP contribution < -0.4 is 0 Å². The highest BCUT2D eigenvalue weighted by atomic mass is 35.5. The fraction of sp³-hybridized carbons (Fsp3) is 0.222. The number of alkyl halides is 3. The molecule has 0 aliphatic heterocycles. The summed E-state index contributed by atoms with van der Waals surface area (Å²) in [5, 5.41) is 0.179. The average Bonchev–Trinajstić information content (AvgIpc) is 2.12. The second-order valence-corrected chi connectivity index (χ2v) is 4.92. The summed E-state index contributed by atoms with van der Waals surface area (Å²) in [6.07, 6.45) is 0. The second-order valence-electron chi connectivity index (χ2n) is 2.80. The van der Waals surface area contributed by atoms with Crippen molar-refractivity contribution in [1.82, 2.24) is 0 Å². The van der Waals surface area contributed by atoms with Gasteiger partial charge in [-0.2, -0.15) is 17.5 Å². The second kappa shape index (κ2) is 4.97. The van der Waals surface area contributed by atoms with Crippen LogP contribution in [-0.4, -0.2) is 11.4 Å². The Hall–Kier alpha value is -0.880. The molecule has 0 saturated carbocycles. The molecule has 1 aromatic carbocycles. The smallest absolute Gasteiger partial charge is 0.272 e. The lowest BCUT2D eigenvalue weighted by atomic mass is 10.4. The van der Waals surface area contributed by atoms with Crippen molar-refractivity contribution in [2.45, 2.75) is 17.3 Å². The van der Waals surface area contributed by atoms with E-state index in [9.17, 15) is 18.0 Å². The number of benzene rings is 1. The summed E-state index contributed by atoms with van der Waals surface area (Å²) in [6, 6.07) is 5.25. The van der Waals surface area contributed by atoms with Crippen molar-refractivity contribution >= 4 is 28.2 Å². The normalized spacial score (nSPS) is 13.8. The highest BCUT2D eigenvalue weighted by molar-refractivity contribution is 7.88. The predicted molar refractivity (Wildman–Crippen MR) is 56.2 cm³/mol. The van der Waals surface area contributed by atoms with E-state index in [2.05, 4.69) is 4.36 Å². The first-order valence-corrected chi connectivity index (χ1v) is 5.66. The maximum atomic E-state index is 12.6. The monoisotopic (exact) mass is 269 g/mol.